The van der Waals surface area contributed by atoms with Crippen LogP contribution in [0.3, 0.4) is 0 Å². The third-order valence-corrected chi connectivity index (χ3v) is 6.57. The topological polar surface area (TPSA) is 89.3 Å². The first-order valence-corrected chi connectivity index (χ1v) is 12.3. The van der Waals surface area contributed by atoms with Crippen molar-refractivity contribution in [3.63, 3.8) is 0 Å². The highest BCUT2D eigenvalue weighted by molar-refractivity contribution is 5.84. The van der Waals surface area contributed by atoms with Gasteiger partial charge in [0.2, 0.25) is 5.89 Å². The Hall–Kier alpha value is -3.98. The minimum Gasteiger partial charge on any atom is -0.493 e. The largest absolute Gasteiger partial charge is 0.493 e. The summed E-state index contributed by atoms with van der Waals surface area (Å²) in [7, 11) is 3.23. The van der Waals surface area contributed by atoms with E-state index < -0.39 is 0 Å². The quantitative estimate of drug-likeness (QED) is 0.477. The van der Waals surface area contributed by atoms with Crippen molar-refractivity contribution in [3.05, 3.63) is 71.9 Å². The highest BCUT2D eigenvalue weighted by Gasteiger charge is 2.40. The summed E-state index contributed by atoms with van der Waals surface area (Å²) in [5.41, 5.74) is 6.04. The number of nitrogens with zero attached hydrogens (tertiary/aromatic N) is 3. The van der Waals surface area contributed by atoms with Gasteiger partial charge in [-0.3, -0.25) is 4.79 Å². The molecule has 0 aliphatic carbocycles. The van der Waals surface area contributed by atoms with Crippen molar-refractivity contribution in [2.24, 2.45) is 0 Å². The van der Waals surface area contributed by atoms with E-state index in [9.17, 15) is 4.79 Å². The van der Waals surface area contributed by atoms with Crippen molar-refractivity contribution in [3.8, 4) is 28.7 Å². The van der Waals surface area contributed by atoms with Gasteiger partial charge >= 0.3 is 0 Å². The molecule has 194 valence electrons. The Morgan fingerprint density at radius 2 is 1.84 bits per heavy atom. The van der Waals surface area contributed by atoms with Gasteiger partial charge in [0.05, 0.1) is 32.9 Å². The number of fused-ring (bicyclic) bond motifs is 1. The van der Waals surface area contributed by atoms with Gasteiger partial charge in [0, 0.05) is 18.0 Å². The summed E-state index contributed by atoms with van der Waals surface area (Å²) in [6.45, 7) is 6.19. The Balaban J connectivity index is 1.27. The van der Waals surface area contributed by atoms with Crippen molar-refractivity contribution in [2.75, 3.05) is 14.2 Å². The molecular formula is C28H32N4O5. The predicted molar refractivity (Wildman–Crippen MR) is 138 cm³/mol. The molecule has 0 saturated carbocycles. The SMILES string of the molecule is COc1ccc(C2CC3C(=O)N(Cc4nc(-c5ccc(OC(C)C)cc5)oc4C)C=CN3N2)cc1OC. The van der Waals surface area contributed by atoms with Gasteiger partial charge < -0.3 is 28.5 Å². The van der Waals surface area contributed by atoms with Crippen molar-refractivity contribution < 1.29 is 23.4 Å². The lowest BCUT2D eigenvalue weighted by Gasteiger charge is -2.31. The molecule has 1 amide bonds. The first kappa shape index (κ1) is 24.7. The van der Waals surface area contributed by atoms with Gasteiger partial charge in [-0.25, -0.2) is 10.4 Å². The van der Waals surface area contributed by atoms with Crippen LogP contribution in [0.5, 0.6) is 17.2 Å². The van der Waals surface area contributed by atoms with Crippen LogP contribution in [0.25, 0.3) is 11.5 Å². The number of rotatable bonds is 8. The lowest BCUT2D eigenvalue weighted by atomic mass is 10.0. The number of carbonyl (C=O) groups excluding carboxylic acids is 1. The Morgan fingerprint density at radius 3 is 2.54 bits per heavy atom. The second-order valence-corrected chi connectivity index (χ2v) is 9.43. The lowest BCUT2D eigenvalue weighted by molar-refractivity contribution is -0.135. The molecule has 2 atom stereocenters. The van der Waals surface area contributed by atoms with Crippen molar-refractivity contribution in [1.29, 1.82) is 0 Å². The van der Waals surface area contributed by atoms with Crippen LogP contribution < -0.4 is 19.6 Å². The second-order valence-electron chi connectivity index (χ2n) is 9.43. The van der Waals surface area contributed by atoms with Crippen molar-refractivity contribution in [1.82, 2.24) is 20.3 Å². The van der Waals surface area contributed by atoms with Gasteiger partial charge in [-0.1, -0.05) is 6.07 Å². The standard InChI is InChI=1S/C28H32N4O5/c1-17(2)36-21-9-6-19(7-10-21)27-29-23(18(3)37-27)16-31-12-13-32-24(28(31)33)15-22(30-32)20-8-11-25(34-4)26(14-20)35-5/h6-14,17,22,24,30H,15-16H2,1-5H3. The molecule has 2 aliphatic heterocycles. The summed E-state index contributed by atoms with van der Waals surface area (Å²) in [6.07, 6.45) is 4.42. The summed E-state index contributed by atoms with van der Waals surface area (Å²) < 4.78 is 22.5. The number of nitrogens with one attached hydrogen (secondary N) is 1. The first-order valence-electron chi connectivity index (χ1n) is 12.3. The van der Waals surface area contributed by atoms with Crippen LogP contribution in [0.1, 0.15) is 43.3 Å². The number of carbonyl (C=O) groups is 1. The van der Waals surface area contributed by atoms with E-state index in [1.165, 1.54) is 0 Å². The number of amides is 1. The Morgan fingerprint density at radius 1 is 1.08 bits per heavy atom. The maximum atomic E-state index is 13.4. The molecule has 1 aromatic heterocycles. The molecular weight excluding hydrogens is 472 g/mol. The maximum absolute atomic E-state index is 13.4. The number of hydrogen-bond donors (Lipinski definition) is 1. The second kappa shape index (κ2) is 10.2. The van der Waals surface area contributed by atoms with Gasteiger partial charge in [0.15, 0.2) is 11.5 Å². The number of oxazole rings is 1. The number of aryl methyl sites for hydroxylation is 1. The average Bonchev–Trinajstić information content (AvgIpc) is 3.49. The Labute approximate surface area is 216 Å². The highest BCUT2D eigenvalue weighted by atomic mass is 16.5. The van der Waals surface area contributed by atoms with Crippen LogP contribution in [0.2, 0.25) is 0 Å². The molecule has 9 nitrogen and oxygen atoms in total. The molecule has 3 aromatic rings. The highest BCUT2D eigenvalue weighted by Crippen LogP contribution is 2.36. The summed E-state index contributed by atoms with van der Waals surface area (Å²) in [6, 6.07) is 13.1. The molecule has 9 heteroatoms. The van der Waals surface area contributed by atoms with Crippen LogP contribution in [0.4, 0.5) is 0 Å². The summed E-state index contributed by atoms with van der Waals surface area (Å²) >= 11 is 0. The molecule has 0 spiro atoms. The zero-order valence-corrected chi connectivity index (χ0v) is 21.7. The van der Waals surface area contributed by atoms with Crippen molar-refractivity contribution >= 4 is 5.91 Å². The number of hydrogen-bond acceptors (Lipinski definition) is 8. The maximum Gasteiger partial charge on any atom is 0.251 e. The first-order chi connectivity index (χ1) is 17.9. The van der Waals surface area contributed by atoms with E-state index in [-0.39, 0.29) is 24.1 Å². The molecule has 3 heterocycles. The van der Waals surface area contributed by atoms with E-state index in [1.54, 1.807) is 25.3 Å². The average molecular weight is 505 g/mol. The van der Waals surface area contributed by atoms with Gasteiger partial charge in [0.25, 0.3) is 5.91 Å². The number of benzene rings is 2. The third kappa shape index (κ3) is 4.99. The number of aromatic nitrogens is 1. The fraction of sp³-hybridized carbons (Fsp3) is 0.357. The summed E-state index contributed by atoms with van der Waals surface area (Å²) in [5.74, 6) is 3.36. The summed E-state index contributed by atoms with van der Waals surface area (Å²) in [4.78, 5) is 19.8. The predicted octanol–water partition coefficient (Wildman–Crippen LogP) is 4.59. The molecule has 1 saturated heterocycles. The van der Waals surface area contributed by atoms with Gasteiger partial charge in [-0.05, 0) is 69.2 Å². The molecule has 0 bridgehead atoms. The third-order valence-electron chi connectivity index (χ3n) is 6.57. The van der Waals surface area contributed by atoms with E-state index in [0.717, 1.165) is 22.6 Å². The molecule has 1 N–H and O–H groups in total. The van der Waals surface area contributed by atoms with E-state index in [0.29, 0.717) is 36.1 Å². The Bertz CT molecular complexity index is 1300. The van der Waals surface area contributed by atoms with Crippen LogP contribution in [-0.4, -0.2) is 47.2 Å². The van der Waals surface area contributed by atoms with E-state index in [1.807, 2.05) is 74.4 Å². The van der Waals surface area contributed by atoms with Gasteiger partial charge in [-0.15, -0.1) is 0 Å². The zero-order chi connectivity index (χ0) is 26.1. The van der Waals surface area contributed by atoms with Crippen LogP contribution >= 0.6 is 0 Å². The van der Waals surface area contributed by atoms with Gasteiger partial charge in [0.1, 0.15) is 23.2 Å². The molecule has 0 radical (unpaired) electrons. The zero-order valence-electron chi connectivity index (χ0n) is 21.7. The van der Waals surface area contributed by atoms with E-state index in [2.05, 4.69) is 5.43 Å². The minimum atomic E-state index is -0.316. The smallest absolute Gasteiger partial charge is 0.251 e. The van der Waals surface area contributed by atoms with Gasteiger partial charge in [-0.2, -0.15) is 0 Å². The molecule has 1 fully saturated rings. The van der Waals surface area contributed by atoms with Crippen LogP contribution in [0.15, 0.2) is 59.3 Å². The van der Waals surface area contributed by atoms with Crippen LogP contribution in [0, 0.1) is 6.92 Å². The molecule has 2 aromatic carbocycles. The molecule has 37 heavy (non-hydrogen) atoms. The molecule has 5 rings (SSSR count). The normalized spacial score (nSPS) is 18.9. The number of ether oxygens (including phenoxy) is 3. The Kier molecular flexibility index (Phi) is 6.80. The van der Waals surface area contributed by atoms with Crippen LogP contribution in [-0.2, 0) is 11.3 Å². The molecule has 2 aliphatic rings. The number of hydrazine groups is 1. The van der Waals surface area contributed by atoms with E-state index >= 15 is 0 Å². The fourth-order valence-corrected chi connectivity index (χ4v) is 4.66. The monoisotopic (exact) mass is 504 g/mol. The lowest BCUT2D eigenvalue weighted by Crippen LogP contribution is -2.47. The minimum absolute atomic E-state index is 0.0112. The fourth-order valence-electron chi connectivity index (χ4n) is 4.66. The van der Waals surface area contributed by atoms with E-state index in [4.69, 9.17) is 23.6 Å². The molecule has 2 unspecified atom stereocenters. The summed E-state index contributed by atoms with van der Waals surface area (Å²) in [5, 5.41) is 1.88. The number of methoxy groups -OCH3 is 2. The van der Waals surface area contributed by atoms with Crippen molar-refractivity contribution in [2.45, 2.75) is 51.9 Å².